The Labute approximate surface area is 286 Å². The second-order valence-electron chi connectivity index (χ2n) is 12.4. The highest BCUT2D eigenvalue weighted by molar-refractivity contribution is 6.09. The van der Waals surface area contributed by atoms with Crippen LogP contribution in [0.1, 0.15) is 0 Å². The number of benzene rings is 7. The molecule has 9 aromatic rings. The quantitative estimate of drug-likeness (QED) is 0.180. The zero-order valence-electron chi connectivity index (χ0n) is 26.9. The summed E-state index contributed by atoms with van der Waals surface area (Å²) in [6.45, 7) is 0. The van der Waals surface area contributed by atoms with Crippen molar-refractivity contribution < 1.29 is 0 Å². The van der Waals surface area contributed by atoms with Crippen LogP contribution in [0.25, 0.3) is 83.4 Å². The number of fused-ring (bicyclic) bond motifs is 3. The van der Waals surface area contributed by atoms with Crippen molar-refractivity contribution in [2.75, 3.05) is 0 Å². The van der Waals surface area contributed by atoms with E-state index in [9.17, 15) is 0 Å². The maximum atomic E-state index is 5.22. The second-order valence-corrected chi connectivity index (χ2v) is 12.4. The molecule has 0 atom stereocenters. The Morgan fingerprint density at radius 1 is 0.286 bits per heavy atom. The Morgan fingerprint density at radius 2 is 0.735 bits per heavy atom. The van der Waals surface area contributed by atoms with Crippen LogP contribution in [0.3, 0.4) is 0 Å². The molecule has 0 unspecified atom stereocenters. The molecule has 2 nitrogen and oxygen atoms in total. The van der Waals surface area contributed by atoms with Crippen molar-refractivity contribution in [1.29, 1.82) is 0 Å². The fourth-order valence-corrected chi connectivity index (χ4v) is 6.97. The molecule has 0 saturated carbocycles. The molecular formula is C47H32N2. The smallest absolute Gasteiger partial charge is 0.0715 e. The molecule has 0 N–H and O–H groups in total. The molecule has 0 spiro atoms. The summed E-state index contributed by atoms with van der Waals surface area (Å²) < 4.78 is 2.37. The van der Waals surface area contributed by atoms with Gasteiger partial charge in [0, 0.05) is 27.6 Å². The number of hydrogen-bond acceptors (Lipinski definition) is 1. The summed E-state index contributed by atoms with van der Waals surface area (Å²) in [5.74, 6) is 0. The third kappa shape index (κ3) is 5.40. The summed E-state index contributed by atoms with van der Waals surface area (Å²) >= 11 is 0. The molecule has 2 aromatic heterocycles. The van der Waals surface area contributed by atoms with Crippen molar-refractivity contribution in [2.24, 2.45) is 0 Å². The molecule has 0 bridgehead atoms. The first-order valence-corrected chi connectivity index (χ1v) is 16.7. The summed E-state index contributed by atoms with van der Waals surface area (Å²) in [7, 11) is 0. The molecule has 9 rings (SSSR count). The van der Waals surface area contributed by atoms with Crippen LogP contribution in [0.2, 0.25) is 0 Å². The molecule has 2 heterocycles. The van der Waals surface area contributed by atoms with Crippen LogP contribution in [0.4, 0.5) is 0 Å². The lowest BCUT2D eigenvalue weighted by Gasteiger charge is -2.13. The van der Waals surface area contributed by atoms with E-state index in [1.165, 1.54) is 32.9 Å². The molecular weight excluding hydrogens is 593 g/mol. The molecule has 49 heavy (non-hydrogen) atoms. The van der Waals surface area contributed by atoms with Gasteiger partial charge in [-0.25, -0.2) is 4.98 Å². The van der Waals surface area contributed by atoms with Gasteiger partial charge in [-0.3, -0.25) is 0 Å². The summed E-state index contributed by atoms with van der Waals surface area (Å²) in [5, 5.41) is 2.53. The fourth-order valence-electron chi connectivity index (χ4n) is 6.97. The number of rotatable bonds is 6. The largest absolute Gasteiger partial charge is 0.309 e. The van der Waals surface area contributed by atoms with Gasteiger partial charge < -0.3 is 4.57 Å². The van der Waals surface area contributed by atoms with E-state index in [4.69, 9.17) is 4.98 Å². The van der Waals surface area contributed by atoms with Gasteiger partial charge in [-0.2, -0.15) is 0 Å². The van der Waals surface area contributed by atoms with Crippen molar-refractivity contribution in [1.82, 2.24) is 9.55 Å². The Kier molecular flexibility index (Phi) is 7.18. The van der Waals surface area contributed by atoms with Crippen molar-refractivity contribution in [3.05, 3.63) is 194 Å². The van der Waals surface area contributed by atoms with Gasteiger partial charge in [-0.05, 0) is 75.8 Å². The van der Waals surface area contributed by atoms with E-state index in [2.05, 4.69) is 193 Å². The number of hydrogen-bond donors (Lipinski definition) is 0. The summed E-state index contributed by atoms with van der Waals surface area (Å²) in [4.78, 5) is 5.22. The van der Waals surface area contributed by atoms with Crippen LogP contribution >= 0.6 is 0 Å². The van der Waals surface area contributed by atoms with E-state index >= 15 is 0 Å². The van der Waals surface area contributed by atoms with Crippen LogP contribution in [0.5, 0.6) is 0 Å². The normalized spacial score (nSPS) is 11.3. The molecule has 0 fully saturated rings. The Balaban J connectivity index is 1.13. The third-order valence-corrected chi connectivity index (χ3v) is 9.40. The third-order valence-electron chi connectivity index (χ3n) is 9.40. The van der Waals surface area contributed by atoms with Crippen LogP contribution in [0, 0.1) is 0 Å². The Bertz CT molecular complexity index is 2530. The zero-order chi connectivity index (χ0) is 32.6. The summed E-state index contributed by atoms with van der Waals surface area (Å²) in [6, 6.07) is 69.2. The van der Waals surface area contributed by atoms with Crippen LogP contribution in [-0.4, -0.2) is 9.55 Å². The first-order valence-electron chi connectivity index (χ1n) is 16.7. The first-order chi connectivity index (χ1) is 24.3. The minimum Gasteiger partial charge on any atom is -0.309 e. The predicted octanol–water partition coefficient (Wildman–Crippen LogP) is 12.5. The number of aromatic nitrogens is 2. The van der Waals surface area contributed by atoms with Gasteiger partial charge >= 0.3 is 0 Å². The molecule has 0 aliphatic carbocycles. The van der Waals surface area contributed by atoms with E-state index < -0.39 is 0 Å². The zero-order valence-corrected chi connectivity index (χ0v) is 26.9. The van der Waals surface area contributed by atoms with Gasteiger partial charge in [-0.15, -0.1) is 0 Å². The second kappa shape index (κ2) is 12.3. The predicted molar refractivity (Wildman–Crippen MR) is 206 cm³/mol. The van der Waals surface area contributed by atoms with Gasteiger partial charge in [0.25, 0.3) is 0 Å². The van der Waals surface area contributed by atoms with Gasteiger partial charge in [0.1, 0.15) is 0 Å². The van der Waals surface area contributed by atoms with Crippen LogP contribution < -0.4 is 0 Å². The van der Waals surface area contributed by atoms with Crippen molar-refractivity contribution in [3.63, 3.8) is 0 Å². The minimum absolute atomic E-state index is 0.948. The summed E-state index contributed by atoms with van der Waals surface area (Å²) in [6.07, 6.45) is 0. The van der Waals surface area contributed by atoms with Gasteiger partial charge in [0.2, 0.25) is 0 Å². The molecule has 2 heteroatoms. The van der Waals surface area contributed by atoms with Crippen molar-refractivity contribution >= 4 is 21.8 Å². The van der Waals surface area contributed by atoms with E-state index in [0.717, 1.165) is 50.5 Å². The monoisotopic (exact) mass is 624 g/mol. The Morgan fingerprint density at radius 3 is 1.39 bits per heavy atom. The molecule has 0 amide bonds. The van der Waals surface area contributed by atoms with Gasteiger partial charge in [-0.1, -0.05) is 152 Å². The highest BCUT2D eigenvalue weighted by Gasteiger charge is 2.14. The topological polar surface area (TPSA) is 17.8 Å². The highest BCUT2D eigenvalue weighted by atomic mass is 15.0. The maximum Gasteiger partial charge on any atom is 0.0715 e. The molecule has 7 aromatic carbocycles. The van der Waals surface area contributed by atoms with Gasteiger partial charge in [0.05, 0.1) is 22.4 Å². The van der Waals surface area contributed by atoms with E-state index in [0.29, 0.717) is 0 Å². The average molecular weight is 625 g/mol. The molecule has 0 aliphatic heterocycles. The maximum absolute atomic E-state index is 5.22. The standard InChI is InChI=1S/C47H32N2/c1-3-13-33(14-4-1)34-25-27-35(28-26-34)40-31-44(36-15-5-2-6-16-36)48-45(32-40)39-19-11-17-37(29-39)38-18-12-20-41(30-38)49-46-23-9-7-21-42(46)43-22-8-10-24-47(43)49/h1-32H. The minimum atomic E-state index is 0.948. The van der Waals surface area contributed by atoms with E-state index in [1.54, 1.807) is 0 Å². The molecule has 0 saturated heterocycles. The average Bonchev–Trinajstić information content (AvgIpc) is 3.53. The number of nitrogens with zero attached hydrogens (tertiary/aromatic N) is 2. The van der Waals surface area contributed by atoms with Crippen LogP contribution in [-0.2, 0) is 0 Å². The highest BCUT2D eigenvalue weighted by Crippen LogP contribution is 2.35. The van der Waals surface area contributed by atoms with E-state index in [1.807, 2.05) is 6.07 Å². The van der Waals surface area contributed by atoms with Crippen molar-refractivity contribution in [2.45, 2.75) is 0 Å². The fraction of sp³-hybridized carbons (Fsp3) is 0. The lowest BCUT2D eigenvalue weighted by Crippen LogP contribution is -1.94. The SMILES string of the molecule is c1ccc(-c2ccc(-c3cc(-c4ccccc4)nc(-c4cccc(-c5cccc(-n6c7ccccc7c7ccccc76)c5)c4)c3)cc2)cc1. The summed E-state index contributed by atoms with van der Waals surface area (Å²) in [5.41, 5.74) is 14.7. The molecule has 0 aliphatic rings. The number of pyridine rings is 1. The first kappa shape index (κ1) is 28.7. The van der Waals surface area contributed by atoms with Gasteiger partial charge in [0.15, 0.2) is 0 Å². The van der Waals surface area contributed by atoms with E-state index in [-0.39, 0.29) is 0 Å². The molecule has 230 valence electrons. The lowest BCUT2D eigenvalue weighted by molar-refractivity contribution is 1.18. The Hall–Kier alpha value is -6.51. The van der Waals surface area contributed by atoms with Crippen molar-refractivity contribution in [3.8, 4) is 61.6 Å². The molecule has 0 radical (unpaired) electrons. The lowest BCUT2D eigenvalue weighted by atomic mass is 9.96. The number of para-hydroxylation sites is 2. The van der Waals surface area contributed by atoms with Crippen LogP contribution in [0.15, 0.2) is 194 Å².